The van der Waals surface area contributed by atoms with Gasteiger partial charge in [0.25, 0.3) is 5.91 Å². The van der Waals surface area contributed by atoms with Crippen molar-refractivity contribution in [1.82, 2.24) is 5.43 Å². The van der Waals surface area contributed by atoms with Gasteiger partial charge in [-0.3, -0.25) is 4.79 Å². The third-order valence-corrected chi connectivity index (χ3v) is 5.78. The number of hydrogen-bond acceptors (Lipinski definition) is 4. The maximum absolute atomic E-state index is 12.3. The molecule has 0 unspecified atom stereocenters. The van der Waals surface area contributed by atoms with Crippen molar-refractivity contribution >= 4 is 65.5 Å². The highest BCUT2D eigenvalue weighted by atomic mass is 79.9. The lowest BCUT2D eigenvalue weighted by molar-refractivity contribution is -0.123. The van der Waals surface area contributed by atoms with Gasteiger partial charge in [0, 0.05) is 10.0 Å². The molecule has 0 heterocycles. The third-order valence-electron chi connectivity index (χ3n) is 4.74. The first-order valence-corrected chi connectivity index (χ1v) is 11.0. The molecule has 0 aliphatic heterocycles. The lowest BCUT2D eigenvalue weighted by Crippen LogP contribution is -2.24. The Balaban J connectivity index is 1.52. The van der Waals surface area contributed by atoms with Gasteiger partial charge in [-0.25, -0.2) is 5.43 Å². The summed E-state index contributed by atoms with van der Waals surface area (Å²) in [6.45, 7) is -0.204. The van der Waals surface area contributed by atoms with Crippen molar-refractivity contribution in [1.29, 1.82) is 0 Å². The molecule has 156 valence electrons. The summed E-state index contributed by atoms with van der Waals surface area (Å²) in [6.07, 6.45) is 1.68. The van der Waals surface area contributed by atoms with Gasteiger partial charge in [-0.15, -0.1) is 0 Å². The van der Waals surface area contributed by atoms with Crippen LogP contribution in [-0.2, 0) is 4.79 Å². The number of hydrogen-bond donors (Lipinski definition) is 1. The lowest BCUT2D eigenvalue weighted by Gasteiger charge is -2.12. The molecule has 0 atom stereocenters. The molecule has 0 saturated heterocycles. The van der Waals surface area contributed by atoms with Crippen molar-refractivity contribution in [3.63, 3.8) is 0 Å². The van der Waals surface area contributed by atoms with E-state index in [0.717, 1.165) is 31.6 Å². The quantitative estimate of drug-likeness (QED) is 0.183. The third kappa shape index (κ3) is 4.73. The summed E-state index contributed by atoms with van der Waals surface area (Å²) in [7, 11) is 1.54. The second-order valence-electron chi connectivity index (χ2n) is 6.73. The Morgan fingerprint density at radius 2 is 1.65 bits per heavy atom. The van der Waals surface area contributed by atoms with Crippen molar-refractivity contribution in [2.24, 2.45) is 5.10 Å². The monoisotopic (exact) mass is 540 g/mol. The summed E-state index contributed by atoms with van der Waals surface area (Å²) in [4.78, 5) is 12.3. The van der Waals surface area contributed by atoms with Crippen LogP contribution in [0.3, 0.4) is 0 Å². The van der Waals surface area contributed by atoms with Crippen LogP contribution in [0, 0.1) is 0 Å². The molecule has 0 aromatic heterocycles. The van der Waals surface area contributed by atoms with Crippen LogP contribution in [0.4, 0.5) is 0 Å². The molecule has 0 aliphatic carbocycles. The first-order valence-electron chi connectivity index (χ1n) is 9.45. The van der Waals surface area contributed by atoms with Gasteiger partial charge < -0.3 is 9.47 Å². The van der Waals surface area contributed by atoms with E-state index in [2.05, 4.69) is 60.6 Å². The molecule has 1 N–H and O–H groups in total. The minimum Gasteiger partial charge on any atom is -0.493 e. The van der Waals surface area contributed by atoms with Gasteiger partial charge in [0.2, 0.25) is 0 Å². The number of ether oxygens (including phenoxy) is 2. The van der Waals surface area contributed by atoms with E-state index in [1.165, 1.54) is 0 Å². The summed E-state index contributed by atoms with van der Waals surface area (Å²) < 4.78 is 12.5. The SMILES string of the molecule is COc1cc(Br)cc(Br)c1OCC(=O)N/N=C/c1c2ccccc2cc2ccccc12. The van der Waals surface area contributed by atoms with Crippen LogP contribution in [0.1, 0.15) is 5.56 Å². The van der Waals surface area contributed by atoms with Gasteiger partial charge in [0.15, 0.2) is 18.1 Å². The van der Waals surface area contributed by atoms with E-state index in [1.807, 2.05) is 42.5 Å². The fourth-order valence-corrected chi connectivity index (χ4v) is 4.66. The van der Waals surface area contributed by atoms with E-state index in [4.69, 9.17) is 9.47 Å². The number of fused-ring (bicyclic) bond motifs is 2. The number of rotatable bonds is 6. The standard InChI is InChI=1S/C24H18Br2N2O3/c1-30-22-12-17(25)11-21(26)24(22)31-14-23(29)28-27-13-20-18-8-4-2-6-15(18)10-16-7-3-5-9-19(16)20/h2-13H,14H2,1H3,(H,28,29)/b27-13+. The Morgan fingerprint density at radius 3 is 2.29 bits per heavy atom. The van der Waals surface area contributed by atoms with E-state index in [9.17, 15) is 4.79 Å². The van der Waals surface area contributed by atoms with Gasteiger partial charge in [-0.1, -0.05) is 64.5 Å². The summed E-state index contributed by atoms with van der Waals surface area (Å²) in [5.74, 6) is 0.585. The van der Waals surface area contributed by atoms with Gasteiger partial charge in [0.1, 0.15) is 0 Å². The maximum atomic E-state index is 12.3. The van der Waals surface area contributed by atoms with Crippen LogP contribution < -0.4 is 14.9 Å². The van der Waals surface area contributed by atoms with Gasteiger partial charge in [-0.2, -0.15) is 5.10 Å². The number of nitrogens with one attached hydrogen (secondary N) is 1. The fourth-order valence-electron chi connectivity index (χ4n) is 3.36. The molecule has 7 heteroatoms. The van der Waals surface area contributed by atoms with Crippen molar-refractivity contribution in [2.45, 2.75) is 0 Å². The second kappa shape index (κ2) is 9.49. The summed E-state index contributed by atoms with van der Waals surface area (Å²) in [5, 5.41) is 8.55. The zero-order valence-electron chi connectivity index (χ0n) is 16.6. The first-order chi connectivity index (χ1) is 15.1. The Kier molecular flexibility index (Phi) is 6.53. The van der Waals surface area contributed by atoms with E-state index in [1.54, 1.807) is 19.4 Å². The highest BCUT2D eigenvalue weighted by molar-refractivity contribution is 9.11. The van der Waals surface area contributed by atoms with E-state index in [-0.39, 0.29) is 12.5 Å². The molecule has 0 fully saturated rings. The Labute approximate surface area is 196 Å². The smallest absolute Gasteiger partial charge is 0.277 e. The highest BCUT2D eigenvalue weighted by Gasteiger charge is 2.13. The molecular weight excluding hydrogens is 524 g/mol. The number of nitrogens with zero attached hydrogens (tertiary/aromatic N) is 1. The summed E-state index contributed by atoms with van der Waals surface area (Å²) in [5.41, 5.74) is 3.49. The van der Waals surface area contributed by atoms with Crippen LogP contribution in [0.15, 0.2) is 80.8 Å². The number of amides is 1. The molecule has 31 heavy (non-hydrogen) atoms. The molecule has 0 aliphatic rings. The van der Waals surface area contributed by atoms with E-state index in [0.29, 0.717) is 16.0 Å². The molecule has 5 nitrogen and oxygen atoms in total. The number of carbonyl (C=O) groups excluding carboxylic acids is 1. The molecule has 4 aromatic rings. The zero-order chi connectivity index (χ0) is 21.8. The Hall–Kier alpha value is -2.90. The zero-order valence-corrected chi connectivity index (χ0v) is 19.7. The number of benzene rings is 4. The largest absolute Gasteiger partial charge is 0.493 e. The molecule has 4 aromatic carbocycles. The Morgan fingerprint density at radius 1 is 1.00 bits per heavy atom. The van der Waals surface area contributed by atoms with Crippen LogP contribution in [0.5, 0.6) is 11.5 Å². The molecular formula is C24H18Br2N2O3. The number of carbonyl (C=O) groups is 1. The van der Waals surface area contributed by atoms with Crippen LogP contribution >= 0.6 is 31.9 Å². The van der Waals surface area contributed by atoms with Gasteiger partial charge in [0.05, 0.1) is 17.8 Å². The van der Waals surface area contributed by atoms with E-state index >= 15 is 0 Å². The Bertz CT molecular complexity index is 1250. The highest BCUT2D eigenvalue weighted by Crippen LogP contribution is 2.38. The molecule has 0 saturated carbocycles. The van der Waals surface area contributed by atoms with Crippen LogP contribution in [0.2, 0.25) is 0 Å². The van der Waals surface area contributed by atoms with Crippen molar-refractivity contribution in [2.75, 3.05) is 13.7 Å². The van der Waals surface area contributed by atoms with Crippen molar-refractivity contribution in [3.05, 3.63) is 81.2 Å². The van der Waals surface area contributed by atoms with Crippen LogP contribution in [-0.4, -0.2) is 25.8 Å². The normalized spacial score (nSPS) is 11.2. The lowest BCUT2D eigenvalue weighted by atomic mass is 9.97. The minimum atomic E-state index is -0.377. The average molecular weight is 542 g/mol. The number of methoxy groups -OCH3 is 1. The predicted octanol–water partition coefficient (Wildman–Crippen LogP) is 6.06. The van der Waals surface area contributed by atoms with Crippen molar-refractivity contribution in [3.8, 4) is 11.5 Å². The topological polar surface area (TPSA) is 59.9 Å². The molecule has 1 amide bonds. The molecule has 0 spiro atoms. The van der Waals surface area contributed by atoms with Gasteiger partial charge >= 0.3 is 0 Å². The van der Waals surface area contributed by atoms with Crippen LogP contribution in [0.25, 0.3) is 21.5 Å². The molecule has 0 bridgehead atoms. The summed E-state index contributed by atoms with van der Waals surface area (Å²) in [6, 6.07) is 22.0. The number of hydrazone groups is 1. The fraction of sp³-hybridized carbons (Fsp3) is 0.0833. The van der Waals surface area contributed by atoms with Gasteiger partial charge in [-0.05, 0) is 55.7 Å². The van der Waals surface area contributed by atoms with Crippen molar-refractivity contribution < 1.29 is 14.3 Å². The minimum absolute atomic E-state index is 0.204. The average Bonchev–Trinajstić information content (AvgIpc) is 2.77. The predicted molar refractivity (Wildman–Crippen MR) is 131 cm³/mol. The molecule has 0 radical (unpaired) electrons. The number of halogens is 2. The maximum Gasteiger partial charge on any atom is 0.277 e. The van der Waals surface area contributed by atoms with E-state index < -0.39 is 0 Å². The first kappa shape index (κ1) is 21.3. The molecule has 4 rings (SSSR count). The summed E-state index contributed by atoms with van der Waals surface area (Å²) >= 11 is 6.82. The second-order valence-corrected chi connectivity index (χ2v) is 8.50.